The molecule has 2 atom stereocenters. The fraction of sp³-hybridized carbons (Fsp3) is 0.444. The molecule has 1 amide bonds. The first kappa shape index (κ1) is 21.7. The number of benzene rings is 1. The molecule has 1 aromatic carbocycles. The van der Waals surface area contributed by atoms with Gasteiger partial charge in [0, 0.05) is 5.82 Å². The Hall–Kier alpha value is -2.32. The average Bonchev–Trinajstić information content (AvgIpc) is 2.61. The number of rotatable bonds is 12. The Kier molecular flexibility index (Phi) is 9.47. The fourth-order valence-corrected chi connectivity index (χ4v) is 2.38. The minimum atomic E-state index is -1.06. The van der Waals surface area contributed by atoms with Crippen LogP contribution in [0.2, 0.25) is 5.82 Å². The van der Waals surface area contributed by atoms with Crippen LogP contribution in [0.15, 0.2) is 36.9 Å². The maximum atomic E-state index is 12.6. The molecule has 0 bridgehead atoms. The molecule has 0 saturated carbocycles. The third kappa shape index (κ3) is 7.29. The highest BCUT2D eigenvalue weighted by molar-refractivity contribution is 6.37. The number of nitrogens with two attached hydrogens (primary N) is 1. The van der Waals surface area contributed by atoms with Crippen molar-refractivity contribution in [1.82, 2.24) is 5.32 Å². The summed E-state index contributed by atoms with van der Waals surface area (Å²) in [6, 6.07) is 6.39. The summed E-state index contributed by atoms with van der Waals surface area (Å²) in [7, 11) is 0.113. The Morgan fingerprint density at radius 1 is 1.35 bits per heavy atom. The molecule has 0 aromatic heterocycles. The van der Waals surface area contributed by atoms with Gasteiger partial charge in [-0.3, -0.25) is 4.79 Å². The Balaban J connectivity index is 2.80. The standard InChI is InChI=1S/C18H27BN2O5/c1-4-9-25-14-7-5-13(6-8-14)10-15(19-26-11-20)17(22)21-16(12(2)3)18(23)24/h4-8,12,15-16,19H,1,9-11,20H2,2-3H3,(H,21,22)(H,23,24)/t15-,16-/m0/s1. The molecule has 0 aliphatic rings. The monoisotopic (exact) mass is 362 g/mol. The zero-order chi connectivity index (χ0) is 19.5. The van der Waals surface area contributed by atoms with Crippen LogP contribution in [0.25, 0.3) is 0 Å². The van der Waals surface area contributed by atoms with Gasteiger partial charge in [-0.05, 0) is 30.0 Å². The van der Waals surface area contributed by atoms with E-state index in [4.69, 9.17) is 15.1 Å². The van der Waals surface area contributed by atoms with Crippen molar-refractivity contribution in [2.75, 3.05) is 13.3 Å². The van der Waals surface area contributed by atoms with Crippen molar-refractivity contribution in [2.45, 2.75) is 32.1 Å². The third-order valence-corrected chi connectivity index (χ3v) is 3.81. The third-order valence-electron chi connectivity index (χ3n) is 3.81. The lowest BCUT2D eigenvalue weighted by Crippen LogP contribution is -2.46. The lowest BCUT2D eigenvalue weighted by molar-refractivity contribution is -0.143. The lowest BCUT2D eigenvalue weighted by Gasteiger charge is -2.22. The largest absolute Gasteiger partial charge is 0.490 e. The first-order chi connectivity index (χ1) is 12.4. The van der Waals surface area contributed by atoms with Crippen LogP contribution < -0.4 is 15.8 Å². The number of carbonyl (C=O) groups excluding carboxylic acids is 1. The van der Waals surface area contributed by atoms with Crippen molar-refractivity contribution in [2.24, 2.45) is 11.7 Å². The number of aliphatic carboxylic acids is 1. The Morgan fingerprint density at radius 2 is 2.00 bits per heavy atom. The lowest BCUT2D eigenvalue weighted by atomic mass is 9.75. The molecule has 7 nitrogen and oxygen atoms in total. The van der Waals surface area contributed by atoms with Crippen molar-refractivity contribution in [3.05, 3.63) is 42.5 Å². The minimum absolute atomic E-state index is 0.00928. The number of carboxylic acids is 1. The first-order valence-corrected chi connectivity index (χ1v) is 8.52. The molecular formula is C18H27BN2O5. The minimum Gasteiger partial charge on any atom is -0.490 e. The summed E-state index contributed by atoms with van der Waals surface area (Å²) >= 11 is 0. The predicted molar refractivity (Wildman–Crippen MR) is 101 cm³/mol. The smallest absolute Gasteiger partial charge is 0.326 e. The van der Waals surface area contributed by atoms with Gasteiger partial charge in [-0.15, -0.1) is 0 Å². The SMILES string of the molecule is C=CCOc1ccc(C[C@H](BOCN)C(=O)N[C@H](C(=O)O)C(C)C)cc1. The molecule has 142 valence electrons. The van der Waals surface area contributed by atoms with E-state index in [-0.39, 0.29) is 26.0 Å². The van der Waals surface area contributed by atoms with Crippen LogP contribution in [0.4, 0.5) is 0 Å². The zero-order valence-electron chi connectivity index (χ0n) is 15.3. The van der Waals surface area contributed by atoms with Gasteiger partial charge in [-0.25, -0.2) is 4.79 Å². The van der Waals surface area contributed by atoms with Crippen LogP contribution in [0.3, 0.4) is 0 Å². The van der Waals surface area contributed by atoms with Gasteiger partial charge in [-0.2, -0.15) is 0 Å². The molecule has 8 heteroatoms. The quantitative estimate of drug-likeness (QED) is 0.292. The topological polar surface area (TPSA) is 111 Å². The van der Waals surface area contributed by atoms with Gasteiger partial charge >= 0.3 is 5.97 Å². The fourth-order valence-electron chi connectivity index (χ4n) is 2.38. The number of hydrogen-bond acceptors (Lipinski definition) is 5. The summed E-state index contributed by atoms with van der Waals surface area (Å²) in [5, 5.41) is 11.8. The average molecular weight is 362 g/mol. The van der Waals surface area contributed by atoms with E-state index in [9.17, 15) is 14.7 Å². The van der Waals surface area contributed by atoms with E-state index >= 15 is 0 Å². The first-order valence-electron chi connectivity index (χ1n) is 8.52. The molecule has 0 fully saturated rings. The number of amides is 1. The molecule has 0 unspecified atom stereocenters. The van der Waals surface area contributed by atoms with Crippen LogP contribution in [0, 0.1) is 5.92 Å². The van der Waals surface area contributed by atoms with Crippen molar-refractivity contribution in [1.29, 1.82) is 0 Å². The van der Waals surface area contributed by atoms with E-state index in [2.05, 4.69) is 11.9 Å². The van der Waals surface area contributed by atoms with E-state index in [1.165, 1.54) is 0 Å². The van der Waals surface area contributed by atoms with Crippen LogP contribution in [0.1, 0.15) is 19.4 Å². The van der Waals surface area contributed by atoms with Crippen molar-refractivity contribution < 1.29 is 24.1 Å². The molecule has 1 rings (SSSR count). The molecule has 0 aliphatic carbocycles. The summed E-state index contributed by atoms with van der Waals surface area (Å²) in [4.78, 5) is 23.9. The highest BCUT2D eigenvalue weighted by Gasteiger charge is 2.28. The van der Waals surface area contributed by atoms with E-state index in [1.807, 2.05) is 24.3 Å². The van der Waals surface area contributed by atoms with Gasteiger partial charge in [0.05, 0.1) is 6.73 Å². The van der Waals surface area contributed by atoms with Gasteiger partial charge in [0.25, 0.3) is 7.48 Å². The van der Waals surface area contributed by atoms with E-state index in [0.29, 0.717) is 18.8 Å². The highest BCUT2D eigenvalue weighted by Crippen LogP contribution is 2.18. The molecule has 0 radical (unpaired) electrons. The molecule has 0 saturated heterocycles. The van der Waals surface area contributed by atoms with Gasteiger partial charge < -0.3 is 25.5 Å². The molecular weight excluding hydrogens is 335 g/mol. The van der Waals surface area contributed by atoms with Gasteiger partial charge in [-0.1, -0.05) is 38.6 Å². The summed E-state index contributed by atoms with van der Waals surface area (Å²) in [6.07, 6.45) is 2.06. The summed E-state index contributed by atoms with van der Waals surface area (Å²) < 4.78 is 10.6. The number of nitrogens with one attached hydrogen (secondary N) is 1. The van der Waals surface area contributed by atoms with E-state index in [0.717, 1.165) is 5.56 Å². The Bertz CT molecular complexity index is 592. The normalized spacial score (nSPS) is 12.9. The van der Waals surface area contributed by atoms with Gasteiger partial charge in [0.2, 0.25) is 5.91 Å². The number of carboxylic acid groups (broad SMARTS) is 1. The summed E-state index contributed by atoms with van der Waals surface area (Å²) in [5.74, 6) is -1.49. The molecule has 0 spiro atoms. The van der Waals surface area contributed by atoms with Crippen LogP contribution in [-0.2, 0) is 20.7 Å². The summed E-state index contributed by atoms with van der Waals surface area (Å²) in [6.45, 7) is 7.49. The van der Waals surface area contributed by atoms with Crippen molar-refractivity contribution in [3.8, 4) is 5.75 Å². The predicted octanol–water partition coefficient (Wildman–Crippen LogP) is 1.09. The summed E-state index contributed by atoms with van der Waals surface area (Å²) in [5.41, 5.74) is 6.27. The Morgan fingerprint density at radius 3 is 2.50 bits per heavy atom. The molecule has 1 aromatic rings. The van der Waals surface area contributed by atoms with Crippen molar-refractivity contribution >= 4 is 19.4 Å². The second kappa shape index (κ2) is 11.3. The number of ether oxygens (including phenoxy) is 1. The van der Waals surface area contributed by atoms with Crippen molar-refractivity contribution in [3.63, 3.8) is 0 Å². The zero-order valence-corrected chi connectivity index (χ0v) is 15.3. The number of carbonyl (C=O) groups is 2. The van der Waals surface area contributed by atoms with Crippen LogP contribution in [0.5, 0.6) is 5.75 Å². The number of hydrogen-bond donors (Lipinski definition) is 3. The van der Waals surface area contributed by atoms with Crippen LogP contribution >= 0.6 is 0 Å². The second-order valence-corrected chi connectivity index (χ2v) is 6.25. The highest BCUT2D eigenvalue weighted by atomic mass is 16.5. The maximum absolute atomic E-state index is 12.6. The van der Waals surface area contributed by atoms with E-state index < -0.39 is 17.8 Å². The van der Waals surface area contributed by atoms with Gasteiger partial charge in [0.1, 0.15) is 18.4 Å². The Labute approximate surface area is 154 Å². The molecule has 0 heterocycles. The van der Waals surface area contributed by atoms with Gasteiger partial charge in [0.15, 0.2) is 0 Å². The van der Waals surface area contributed by atoms with E-state index in [1.54, 1.807) is 19.9 Å². The second-order valence-electron chi connectivity index (χ2n) is 6.25. The molecule has 26 heavy (non-hydrogen) atoms. The molecule has 0 aliphatic heterocycles. The maximum Gasteiger partial charge on any atom is 0.326 e. The molecule has 4 N–H and O–H groups in total. The van der Waals surface area contributed by atoms with Crippen LogP contribution in [-0.4, -0.2) is 43.8 Å².